The van der Waals surface area contributed by atoms with Crippen LogP contribution in [0.15, 0.2) is 41.3 Å². The molecule has 32 heavy (non-hydrogen) atoms. The molecule has 0 saturated carbocycles. The quantitative estimate of drug-likeness (QED) is 0.507. The fourth-order valence-corrected chi connectivity index (χ4v) is 5.12. The average molecular weight is 499 g/mol. The summed E-state index contributed by atoms with van der Waals surface area (Å²) < 4.78 is 44.9. The van der Waals surface area contributed by atoms with Gasteiger partial charge in [0.25, 0.3) is 5.91 Å². The van der Waals surface area contributed by atoms with Crippen molar-refractivity contribution >= 4 is 60.6 Å². The second-order valence-electron chi connectivity index (χ2n) is 7.19. The number of fused-ring (bicyclic) bond motifs is 1. The minimum Gasteiger partial charge on any atom is -0.448 e. The van der Waals surface area contributed by atoms with E-state index in [1.165, 1.54) is 51.4 Å². The van der Waals surface area contributed by atoms with Crippen molar-refractivity contribution in [3.8, 4) is 0 Å². The van der Waals surface area contributed by atoms with Gasteiger partial charge in [0.05, 0.1) is 9.92 Å². The molecule has 1 unspecified atom stereocenters. The minimum atomic E-state index is -3.69. The van der Waals surface area contributed by atoms with Crippen LogP contribution >= 0.6 is 22.9 Å². The molecule has 170 valence electrons. The molecule has 1 atom stereocenters. The van der Waals surface area contributed by atoms with Crippen LogP contribution in [0.3, 0.4) is 0 Å². The molecule has 7 nitrogen and oxygen atoms in total. The maximum absolute atomic E-state index is 13.4. The third-order valence-corrected chi connectivity index (χ3v) is 8.12. The highest BCUT2D eigenvalue weighted by molar-refractivity contribution is 7.89. The normalized spacial score (nSPS) is 12.7. The fraction of sp³-hybridized carbons (Fsp3) is 0.238. The third-order valence-electron chi connectivity index (χ3n) is 4.68. The Bertz CT molecular complexity index is 1320. The van der Waals surface area contributed by atoms with E-state index < -0.39 is 33.8 Å². The number of esters is 1. The molecule has 0 saturated heterocycles. The Morgan fingerprint density at radius 2 is 1.88 bits per heavy atom. The van der Waals surface area contributed by atoms with Crippen LogP contribution in [0.1, 0.15) is 22.2 Å². The van der Waals surface area contributed by atoms with E-state index in [9.17, 15) is 22.4 Å². The van der Waals surface area contributed by atoms with E-state index in [-0.39, 0.29) is 20.5 Å². The summed E-state index contributed by atoms with van der Waals surface area (Å²) in [5.74, 6) is -1.93. The number of hydrogen-bond acceptors (Lipinski definition) is 6. The van der Waals surface area contributed by atoms with E-state index in [0.29, 0.717) is 15.6 Å². The Balaban J connectivity index is 1.77. The van der Waals surface area contributed by atoms with Gasteiger partial charge in [0.1, 0.15) is 10.7 Å². The number of nitrogens with one attached hydrogen (secondary N) is 1. The fourth-order valence-electron chi connectivity index (χ4n) is 2.78. The van der Waals surface area contributed by atoms with Crippen LogP contribution in [0.4, 0.5) is 10.1 Å². The first-order valence-corrected chi connectivity index (χ1v) is 12.0. The summed E-state index contributed by atoms with van der Waals surface area (Å²) in [6, 6.07) is 8.31. The predicted octanol–water partition coefficient (Wildman–Crippen LogP) is 4.44. The van der Waals surface area contributed by atoms with E-state index >= 15 is 0 Å². The largest absolute Gasteiger partial charge is 0.448 e. The predicted molar refractivity (Wildman–Crippen MR) is 122 cm³/mol. The highest BCUT2D eigenvalue weighted by Gasteiger charge is 2.25. The molecular weight excluding hydrogens is 479 g/mol. The van der Waals surface area contributed by atoms with Gasteiger partial charge in [-0.1, -0.05) is 17.7 Å². The van der Waals surface area contributed by atoms with E-state index in [0.717, 1.165) is 15.6 Å². The number of nitrogens with zero attached hydrogens (tertiary/aromatic N) is 1. The van der Waals surface area contributed by atoms with Crippen LogP contribution in [0, 0.1) is 12.7 Å². The molecule has 11 heteroatoms. The molecule has 3 aromatic rings. The second-order valence-corrected chi connectivity index (χ2v) is 10.8. The SMILES string of the molecule is Cc1ccc(S(=O)(=O)N(C)C)cc1NC(=O)C(C)OC(=O)c1sc2cc(F)ccc2c1Cl. The maximum atomic E-state index is 13.4. The topological polar surface area (TPSA) is 92.8 Å². The van der Waals surface area contributed by atoms with Crippen molar-refractivity contribution in [2.75, 3.05) is 19.4 Å². The number of hydrogen-bond donors (Lipinski definition) is 1. The van der Waals surface area contributed by atoms with Gasteiger partial charge >= 0.3 is 5.97 Å². The van der Waals surface area contributed by atoms with Crippen LogP contribution in [-0.4, -0.2) is 44.8 Å². The molecule has 0 fully saturated rings. The number of aryl methyl sites for hydroxylation is 1. The lowest BCUT2D eigenvalue weighted by molar-refractivity contribution is -0.123. The zero-order chi connectivity index (χ0) is 23.8. The molecule has 0 aliphatic carbocycles. The lowest BCUT2D eigenvalue weighted by Gasteiger charge is -2.16. The number of rotatable bonds is 6. The Morgan fingerprint density at radius 3 is 2.53 bits per heavy atom. The van der Waals surface area contributed by atoms with Crippen molar-refractivity contribution < 1.29 is 27.1 Å². The van der Waals surface area contributed by atoms with Crippen LogP contribution in [0.25, 0.3) is 10.1 Å². The maximum Gasteiger partial charge on any atom is 0.350 e. The van der Waals surface area contributed by atoms with Crippen molar-refractivity contribution in [3.63, 3.8) is 0 Å². The highest BCUT2D eigenvalue weighted by Crippen LogP contribution is 2.36. The first-order valence-electron chi connectivity index (χ1n) is 9.34. The summed E-state index contributed by atoms with van der Waals surface area (Å²) in [6.07, 6.45) is -1.20. The molecule has 1 N–H and O–H groups in total. The molecule has 1 heterocycles. The number of carbonyl (C=O) groups excluding carboxylic acids is 2. The summed E-state index contributed by atoms with van der Waals surface area (Å²) in [5.41, 5.74) is 0.903. The van der Waals surface area contributed by atoms with Crippen LogP contribution in [0.5, 0.6) is 0 Å². The molecule has 1 amide bonds. The second kappa shape index (κ2) is 9.14. The first-order chi connectivity index (χ1) is 14.9. The van der Waals surface area contributed by atoms with Crippen LogP contribution in [-0.2, 0) is 19.6 Å². The van der Waals surface area contributed by atoms with Crippen molar-refractivity contribution in [1.29, 1.82) is 0 Å². The summed E-state index contributed by atoms with van der Waals surface area (Å²) >= 11 is 7.19. The Hall–Kier alpha value is -2.53. The zero-order valence-electron chi connectivity index (χ0n) is 17.6. The minimum absolute atomic E-state index is 0.0114. The molecule has 0 aliphatic heterocycles. The number of benzene rings is 2. The number of sulfonamides is 1. The van der Waals surface area contributed by atoms with Gasteiger partial charge in [0, 0.05) is 29.9 Å². The van der Waals surface area contributed by atoms with Gasteiger partial charge < -0.3 is 10.1 Å². The number of amides is 1. The number of anilines is 1. The zero-order valence-corrected chi connectivity index (χ0v) is 20.0. The summed E-state index contributed by atoms with van der Waals surface area (Å²) in [7, 11) is -0.881. The Kier molecular flexibility index (Phi) is 6.89. The van der Waals surface area contributed by atoms with Crippen molar-refractivity contribution in [1.82, 2.24) is 4.31 Å². The van der Waals surface area contributed by atoms with E-state index in [1.54, 1.807) is 13.0 Å². The number of ether oxygens (including phenoxy) is 1. The smallest absolute Gasteiger partial charge is 0.350 e. The molecular formula is C21H20ClFN2O5S2. The van der Waals surface area contributed by atoms with Gasteiger partial charge in [-0.05, 0) is 49.7 Å². The first kappa shape index (κ1) is 24.1. The number of thiophene rings is 1. The van der Waals surface area contributed by atoms with Gasteiger partial charge in [-0.15, -0.1) is 11.3 Å². The van der Waals surface area contributed by atoms with Gasteiger partial charge in [0.2, 0.25) is 10.0 Å². The third kappa shape index (κ3) is 4.78. The lowest BCUT2D eigenvalue weighted by Crippen LogP contribution is -2.30. The number of halogens is 2. The molecule has 3 rings (SSSR count). The van der Waals surface area contributed by atoms with Crippen LogP contribution < -0.4 is 5.32 Å². The summed E-state index contributed by atoms with van der Waals surface area (Å²) in [4.78, 5) is 25.2. The Labute approximate surface area is 193 Å². The van der Waals surface area contributed by atoms with Gasteiger partial charge in [-0.25, -0.2) is 21.9 Å². The van der Waals surface area contributed by atoms with Gasteiger partial charge in [-0.3, -0.25) is 4.79 Å². The lowest BCUT2D eigenvalue weighted by atomic mass is 10.2. The standard InChI is InChI=1S/C21H20ClFN2O5S2/c1-11-5-7-14(32(28,29)25(3)4)10-16(11)24-20(26)12(2)30-21(27)19-18(22)15-8-6-13(23)9-17(15)31-19/h5-10,12H,1-4H3,(H,24,26). The molecule has 1 aromatic heterocycles. The van der Waals surface area contributed by atoms with E-state index in [4.69, 9.17) is 16.3 Å². The molecule has 0 aliphatic rings. The average Bonchev–Trinajstić information content (AvgIpc) is 3.04. The molecule has 2 aromatic carbocycles. The van der Waals surface area contributed by atoms with Crippen molar-refractivity contribution in [2.24, 2.45) is 0 Å². The highest BCUT2D eigenvalue weighted by atomic mass is 35.5. The van der Waals surface area contributed by atoms with E-state index in [2.05, 4.69) is 5.32 Å². The molecule has 0 radical (unpaired) electrons. The van der Waals surface area contributed by atoms with Crippen LogP contribution in [0.2, 0.25) is 5.02 Å². The Morgan fingerprint density at radius 1 is 1.19 bits per heavy atom. The van der Waals surface area contributed by atoms with E-state index in [1.807, 2.05) is 0 Å². The van der Waals surface area contributed by atoms with Gasteiger partial charge in [0.15, 0.2) is 6.10 Å². The summed E-state index contributed by atoms with van der Waals surface area (Å²) in [6.45, 7) is 3.08. The van der Waals surface area contributed by atoms with Crippen molar-refractivity contribution in [2.45, 2.75) is 24.8 Å². The number of carbonyl (C=O) groups is 2. The molecule has 0 spiro atoms. The molecule has 0 bridgehead atoms. The monoisotopic (exact) mass is 498 g/mol. The van der Waals surface area contributed by atoms with Crippen molar-refractivity contribution in [3.05, 3.63) is 57.7 Å². The van der Waals surface area contributed by atoms with Gasteiger partial charge in [-0.2, -0.15) is 0 Å². The summed E-state index contributed by atoms with van der Waals surface area (Å²) in [5, 5.41) is 3.22.